The van der Waals surface area contributed by atoms with Gasteiger partial charge in [0.25, 0.3) is 0 Å². The van der Waals surface area contributed by atoms with Crippen molar-refractivity contribution in [3.8, 4) is 17.2 Å². The number of allylic oxidation sites excluding steroid dienone is 1. The third kappa shape index (κ3) is 4.68. The first-order valence-corrected chi connectivity index (χ1v) is 12.4. The number of fused-ring (bicyclic) bond motifs is 2. The summed E-state index contributed by atoms with van der Waals surface area (Å²) in [7, 11) is 0. The van der Waals surface area contributed by atoms with Crippen molar-refractivity contribution in [3.05, 3.63) is 56.8 Å². The van der Waals surface area contributed by atoms with Crippen LogP contribution in [0.1, 0.15) is 52.4 Å². The molecule has 0 saturated carbocycles. The number of rotatable bonds is 5. The molecule has 1 fully saturated rings. The molecule has 3 aliphatic heterocycles. The molecule has 1 saturated heterocycles. The smallest absolute Gasteiger partial charge is 0.309 e. The number of benzene rings is 2. The number of hydrogen-bond acceptors (Lipinski definition) is 8. The molecule has 0 amide bonds. The highest BCUT2D eigenvalue weighted by atomic mass is 35.5. The van der Waals surface area contributed by atoms with E-state index in [2.05, 4.69) is 4.90 Å². The van der Waals surface area contributed by atoms with E-state index in [9.17, 15) is 14.7 Å². The molecule has 0 spiro atoms. The molecule has 0 bridgehead atoms. The Balaban J connectivity index is 1.41. The van der Waals surface area contributed by atoms with Crippen LogP contribution in [0.2, 0.25) is 5.02 Å². The molecule has 8 nitrogen and oxygen atoms in total. The van der Waals surface area contributed by atoms with Crippen molar-refractivity contribution in [2.24, 2.45) is 5.92 Å². The van der Waals surface area contributed by atoms with E-state index >= 15 is 0 Å². The summed E-state index contributed by atoms with van der Waals surface area (Å²) >= 11 is 6.29. The number of carbonyl (C=O) groups excluding carboxylic acids is 2. The van der Waals surface area contributed by atoms with Gasteiger partial charge in [-0.3, -0.25) is 14.5 Å². The lowest BCUT2D eigenvalue weighted by Gasteiger charge is -2.31. The van der Waals surface area contributed by atoms with E-state index < -0.39 is 0 Å². The maximum absolute atomic E-state index is 13.4. The number of halogens is 1. The van der Waals surface area contributed by atoms with Crippen LogP contribution in [0.25, 0.3) is 6.08 Å². The van der Waals surface area contributed by atoms with Crippen LogP contribution in [-0.4, -0.2) is 48.2 Å². The second-order valence-corrected chi connectivity index (χ2v) is 9.67. The minimum absolute atomic E-state index is 0.0773. The molecule has 0 radical (unpaired) electrons. The van der Waals surface area contributed by atoms with Gasteiger partial charge in [0.05, 0.1) is 30.3 Å². The van der Waals surface area contributed by atoms with Gasteiger partial charge in [-0.25, -0.2) is 0 Å². The summed E-state index contributed by atoms with van der Waals surface area (Å²) in [6.45, 7) is 6.19. The second-order valence-electron chi connectivity index (χ2n) is 9.23. The number of likely N-dealkylation sites (tertiary alicyclic amines) is 1. The molecule has 0 unspecified atom stereocenters. The fourth-order valence-corrected chi connectivity index (χ4v) is 5.25. The lowest BCUT2D eigenvalue weighted by atomic mass is 9.95. The van der Waals surface area contributed by atoms with E-state index in [1.807, 2.05) is 0 Å². The third-order valence-electron chi connectivity index (χ3n) is 6.80. The van der Waals surface area contributed by atoms with Gasteiger partial charge in [-0.15, -0.1) is 0 Å². The zero-order valence-corrected chi connectivity index (χ0v) is 21.0. The Morgan fingerprint density at radius 2 is 2.03 bits per heavy atom. The highest BCUT2D eigenvalue weighted by Gasteiger charge is 2.35. The fourth-order valence-electron chi connectivity index (χ4n) is 5.00. The number of piperidine rings is 1. The predicted octanol–water partition coefficient (Wildman–Crippen LogP) is 4.61. The molecule has 0 atom stereocenters. The fraction of sp³-hybridized carbons (Fsp3) is 0.407. The lowest BCUT2D eigenvalue weighted by molar-refractivity contribution is -0.149. The number of aromatic hydroxyl groups is 1. The number of esters is 1. The van der Waals surface area contributed by atoms with E-state index in [1.165, 1.54) is 0 Å². The van der Waals surface area contributed by atoms with Crippen LogP contribution in [0, 0.1) is 12.8 Å². The van der Waals surface area contributed by atoms with Crippen molar-refractivity contribution in [2.75, 3.05) is 26.5 Å². The average molecular weight is 514 g/mol. The van der Waals surface area contributed by atoms with Gasteiger partial charge in [-0.05, 0) is 69.6 Å². The van der Waals surface area contributed by atoms with E-state index in [-0.39, 0.29) is 36.0 Å². The third-order valence-corrected chi connectivity index (χ3v) is 7.02. The minimum atomic E-state index is -0.259. The quantitative estimate of drug-likeness (QED) is 0.457. The summed E-state index contributed by atoms with van der Waals surface area (Å²) in [6, 6.07) is 5.10. The SMILES string of the molecule is CCOC(=O)C1CCN(Cc2c(O)cc(C)c3c2O/C(=C/c2cc(Cl)cc4c2OCOC4)C3=O)CC1. The molecule has 0 aromatic heterocycles. The van der Waals surface area contributed by atoms with Crippen LogP contribution in [0.15, 0.2) is 24.0 Å². The van der Waals surface area contributed by atoms with Crippen molar-refractivity contribution in [1.82, 2.24) is 4.90 Å². The minimum Gasteiger partial charge on any atom is -0.507 e. The van der Waals surface area contributed by atoms with E-state index in [1.54, 1.807) is 38.1 Å². The van der Waals surface area contributed by atoms with Gasteiger partial charge in [0.1, 0.15) is 17.2 Å². The molecule has 36 heavy (non-hydrogen) atoms. The first-order chi connectivity index (χ1) is 17.4. The van der Waals surface area contributed by atoms with Gasteiger partial charge < -0.3 is 24.1 Å². The molecular formula is C27H28ClNO7. The molecule has 5 rings (SSSR count). The Morgan fingerprint density at radius 3 is 2.78 bits per heavy atom. The predicted molar refractivity (Wildman–Crippen MR) is 132 cm³/mol. The van der Waals surface area contributed by atoms with Gasteiger partial charge in [0, 0.05) is 22.7 Å². The van der Waals surface area contributed by atoms with Gasteiger partial charge in [0.2, 0.25) is 5.78 Å². The highest BCUT2D eigenvalue weighted by Crippen LogP contribution is 2.43. The lowest BCUT2D eigenvalue weighted by Crippen LogP contribution is -2.36. The summed E-state index contributed by atoms with van der Waals surface area (Å²) in [5.74, 6) is 0.673. The normalized spacial score (nSPS) is 19.0. The zero-order chi connectivity index (χ0) is 25.4. The summed E-state index contributed by atoms with van der Waals surface area (Å²) in [6.07, 6.45) is 2.99. The van der Waals surface area contributed by atoms with Crippen molar-refractivity contribution in [1.29, 1.82) is 0 Å². The molecule has 1 N–H and O–H groups in total. The molecule has 3 aliphatic rings. The van der Waals surface area contributed by atoms with Gasteiger partial charge >= 0.3 is 5.97 Å². The molecule has 2 aromatic rings. The number of carbonyl (C=O) groups is 2. The Bertz CT molecular complexity index is 1250. The van der Waals surface area contributed by atoms with Crippen LogP contribution < -0.4 is 9.47 Å². The van der Waals surface area contributed by atoms with Gasteiger partial charge in [0.15, 0.2) is 12.6 Å². The topological polar surface area (TPSA) is 94.5 Å². The highest BCUT2D eigenvalue weighted by molar-refractivity contribution is 6.31. The van der Waals surface area contributed by atoms with Crippen LogP contribution in [0.3, 0.4) is 0 Å². The van der Waals surface area contributed by atoms with Gasteiger partial charge in [-0.1, -0.05) is 11.6 Å². The maximum atomic E-state index is 13.4. The molecule has 9 heteroatoms. The number of aryl methyl sites for hydroxylation is 1. The Kier molecular flexibility index (Phi) is 6.92. The summed E-state index contributed by atoms with van der Waals surface area (Å²) in [5, 5.41) is 11.3. The van der Waals surface area contributed by atoms with Crippen LogP contribution in [0.4, 0.5) is 0 Å². The average Bonchev–Trinajstić information content (AvgIpc) is 3.18. The van der Waals surface area contributed by atoms with Crippen molar-refractivity contribution >= 4 is 29.4 Å². The maximum Gasteiger partial charge on any atom is 0.309 e. The summed E-state index contributed by atoms with van der Waals surface area (Å²) in [5.41, 5.74) is 3.06. The number of ether oxygens (including phenoxy) is 4. The molecule has 2 aromatic carbocycles. The molecule has 3 heterocycles. The zero-order valence-electron chi connectivity index (χ0n) is 20.3. The number of ketones is 1. The molecule has 190 valence electrons. The Morgan fingerprint density at radius 1 is 1.25 bits per heavy atom. The molecule has 0 aliphatic carbocycles. The van der Waals surface area contributed by atoms with Crippen LogP contribution in [0.5, 0.6) is 17.2 Å². The van der Waals surface area contributed by atoms with Crippen molar-refractivity contribution < 1.29 is 33.6 Å². The van der Waals surface area contributed by atoms with E-state index in [0.717, 1.165) is 5.56 Å². The molecular weight excluding hydrogens is 486 g/mol. The first-order valence-electron chi connectivity index (χ1n) is 12.1. The van der Waals surface area contributed by atoms with Crippen LogP contribution >= 0.6 is 11.6 Å². The second kappa shape index (κ2) is 10.1. The number of phenols is 1. The van der Waals surface area contributed by atoms with Crippen LogP contribution in [-0.2, 0) is 27.4 Å². The summed E-state index contributed by atoms with van der Waals surface area (Å²) in [4.78, 5) is 27.6. The largest absolute Gasteiger partial charge is 0.507 e. The number of hydrogen-bond donors (Lipinski definition) is 1. The van der Waals surface area contributed by atoms with E-state index in [0.29, 0.717) is 84.5 Å². The van der Waals surface area contributed by atoms with Gasteiger partial charge in [-0.2, -0.15) is 0 Å². The monoisotopic (exact) mass is 513 g/mol. The Labute approximate surface area is 214 Å². The number of phenolic OH excluding ortho intramolecular Hbond substituents is 1. The summed E-state index contributed by atoms with van der Waals surface area (Å²) < 4.78 is 22.3. The standard InChI is InChI=1S/C27H28ClNO7/c1-3-34-27(32)16-4-6-29(7-5-16)12-20-21(30)8-15(2)23-24(31)22(36-26(20)23)11-17-9-19(28)10-18-13-33-14-35-25(17)18/h8-11,16,30H,3-7,12-14H2,1-2H3/b22-11+. The Hall–Kier alpha value is -3.07. The van der Waals surface area contributed by atoms with Crippen molar-refractivity contribution in [3.63, 3.8) is 0 Å². The number of Topliss-reactive ketones (excluding diaryl/α,β-unsaturated/α-hetero) is 1. The first kappa shape index (κ1) is 24.6. The van der Waals surface area contributed by atoms with Crippen molar-refractivity contribution in [2.45, 2.75) is 39.8 Å². The van der Waals surface area contributed by atoms with E-state index in [4.69, 9.17) is 30.5 Å². The number of nitrogens with zero attached hydrogens (tertiary/aromatic N) is 1.